The van der Waals surface area contributed by atoms with E-state index in [0.29, 0.717) is 33.5 Å². The van der Waals surface area contributed by atoms with Crippen LogP contribution >= 0.6 is 23.2 Å². The third-order valence-electron chi connectivity index (χ3n) is 5.59. The van der Waals surface area contributed by atoms with Crippen molar-refractivity contribution in [3.63, 3.8) is 0 Å². The van der Waals surface area contributed by atoms with Gasteiger partial charge in [-0.3, -0.25) is 14.5 Å². The molecule has 0 aliphatic rings. The van der Waals surface area contributed by atoms with Crippen LogP contribution in [-0.4, -0.2) is 41.5 Å². The average Bonchev–Trinajstić information content (AvgIpc) is 2.83. The Hall–Kier alpha value is -3.06. The van der Waals surface area contributed by atoms with E-state index in [0.717, 1.165) is 29.9 Å². The fraction of sp³-hybridized carbons (Fsp3) is 0.286. The van der Waals surface area contributed by atoms with Gasteiger partial charge in [-0.05, 0) is 61.8 Å². The molecule has 0 aliphatic heterocycles. The summed E-state index contributed by atoms with van der Waals surface area (Å²) in [5.41, 5.74) is 5.09. The zero-order valence-electron chi connectivity index (χ0n) is 21.1. The number of carboxylic acids is 1. The zero-order valence-corrected chi connectivity index (χ0v) is 22.6. The van der Waals surface area contributed by atoms with E-state index in [1.165, 1.54) is 0 Å². The minimum absolute atomic E-state index is 0.0612. The molecule has 3 rings (SSSR count). The van der Waals surface area contributed by atoms with Crippen molar-refractivity contribution in [1.29, 1.82) is 0 Å². The maximum atomic E-state index is 11.9. The van der Waals surface area contributed by atoms with Gasteiger partial charge < -0.3 is 15.7 Å². The SMILES string of the molecule is CCN(CC)CC(=O)Nc1c(C)cccc1C.O=C(O)Cc1ccccc1Nc1c(Cl)cccc1Cl. The summed E-state index contributed by atoms with van der Waals surface area (Å²) < 4.78 is 0. The second kappa shape index (κ2) is 14.5. The molecule has 0 bridgehead atoms. The van der Waals surface area contributed by atoms with Crippen LogP contribution in [0, 0.1) is 13.8 Å². The van der Waals surface area contributed by atoms with Gasteiger partial charge in [0.1, 0.15) is 0 Å². The van der Waals surface area contributed by atoms with Crippen LogP contribution in [0.15, 0.2) is 60.7 Å². The summed E-state index contributed by atoms with van der Waals surface area (Å²) in [6, 6.07) is 18.4. The van der Waals surface area contributed by atoms with Crippen LogP contribution in [0.4, 0.5) is 17.1 Å². The molecule has 8 heteroatoms. The van der Waals surface area contributed by atoms with Gasteiger partial charge in [-0.2, -0.15) is 0 Å². The monoisotopic (exact) mass is 529 g/mol. The van der Waals surface area contributed by atoms with E-state index in [-0.39, 0.29) is 12.3 Å². The molecule has 0 radical (unpaired) electrons. The second-order valence-electron chi connectivity index (χ2n) is 8.23. The van der Waals surface area contributed by atoms with Crippen molar-refractivity contribution in [3.8, 4) is 0 Å². The van der Waals surface area contributed by atoms with Crippen LogP contribution in [0.25, 0.3) is 0 Å². The molecule has 0 unspecified atom stereocenters. The number of likely N-dealkylation sites (N-methyl/N-ethyl adjacent to an activating group) is 1. The van der Waals surface area contributed by atoms with Gasteiger partial charge in [0.05, 0.1) is 28.7 Å². The summed E-state index contributed by atoms with van der Waals surface area (Å²) >= 11 is 12.1. The summed E-state index contributed by atoms with van der Waals surface area (Å²) in [6.07, 6.45) is -0.0642. The normalized spacial score (nSPS) is 10.4. The molecule has 0 saturated carbocycles. The topological polar surface area (TPSA) is 81.7 Å². The van der Waals surface area contributed by atoms with Crippen molar-refractivity contribution in [2.24, 2.45) is 0 Å². The fourth-order valence-electron chi connectivity index (χ4n) is 3.55. The van der Waals surface area contributed by atoms with E-state index < -0.39 is 5.97 Å². The van der Waals surface area contributed by atoms with Crippen molar-refractivity contribution in [3.05, 3.63) is 87.4 Å². The first-order valence-corrected chi connectivity index (χ1v) is 12.5. The lowest BCUT2D eigenvalue weighted by molar-refractivity contribution is -0.136. The Kier molecular flexibility index (Phi) is 11.7. The third kappa shape index (κ3) is 8.86. The van der Waals surface area contributed by atoms with Gasteiger partial charge in [0.15, 0.2) is 0 Å². The van der Waals surface area contributed by atoms with Crippen molar-refractivity contribution >= 4 is 52.1 Å². The number of hydrogen-bond donors (Lipinski definition) is 3. The highest BCUT2D eigenvalue weighted by Crippen LogP contribution is 2.33. The number of nitrogens with one attached hydrogen (secondary N) is 2. The van der Waals surface area contributed by atoms with Crippen molar-refractivity contribution < 1.29 is 14.7 Å². The minimum Gasteiger partial charge on any atom is -0.481 e. The van der Waals surface area contributed by atoms with E-state index in [2.05, 4.69) is 29.4 Å². The largest absolute Gasteiger partial charge is 0.481 e. The van der Waals surface area contributed by atoms with Gasteiger partial charge in [0, 0.05) is 11.4 Å². The Balaban J connectivity index is 0.000000255. The minimum atomic E-state index is -0.889. The van der Waals surface area contributed by atoms with Crippen molar-refractivity contribution in [2.75, 3.05) is 30.3 Å². The maximum absolute atomic E-state index is 11.9. The lowest BCUT2D eigenvalue weighted by Gasteiger charge is -2.18. The van der Waals surface area contributed by atoms with Crippen molar-refractivity contribution in [1.82, 2.24) is 4.90 Å². The second-order valence-corrected chi connectivity index (χ2v) is 9.04. The molecular weight excluding hydrogens is 497 g/mol. The molecule has 6 nitrogen and oxygen atoms in total. The Labute approximate surface area is 223 Å². The quantitative estimate of drug-likeness (QED) is 0.279. The number of halogens is 2. The number of anilines is 3. The molecule has 0 aliphatic carbocycles. The highest BCUT2D eigenvalue weighted by atomic mass is 35.5. The Morgan fingerprint density at radius 1 is 0.833 bits per heavy atom. The van der Waals surface area contributed by atoms with E-state index in [9.17, 15) is 9.59 Å². The number of rotatable bonds is 9. The van der Waals surface area contributed by atoms with Crippen molar-refractivity contribution in [2.45, 2.75) is 34.1 Å². The lowest BCUT2D eigenvalue weighted by Crippen LogP contribution is -2.33. The molecule has 0 spiro atoms. The lowest BCUT2D eigenvalue weighted by atomic mass is 10.1. The van der Waals surface area contributed by atoms with Crippen LogP contribution in [-0.2, 0) is 16.0 Å². The molecule has 0 fully saturated rings. The molecule has 1 amide bonds. The van der Waals surface area contributed by atoms with Gasteiger partial charge in [-0.15, -0.1) is 0 Å². The third-order valence-corrected chi connectivity index (χ3v) is 6.22. The first kappa shape index (κ1) is 29.2. The Morgan fingerprint density at radius 2 is 1.39 bits per heavy atom. The summed E-state index contributed by atoms with van der Waals surface area (Å²) in [6.45, 7) is 10.4. The van der Waals surface area contributed by atoms with Gasteiger partial charge in [-0.25, -0.2) is 0 Å². The van der Waals surface area contributed by atoms with E-state index in [1.54, 1.807) is 36.4 Å². The first-order valence-electron chi connectivity index (χ1n) is 11.7. The number of hydrogen-bond acceptors (Lipinski definition) is 4. The van der Waals surface area contributed by atoms with Gasteiger partial charge >= 0.3 is 5.97 Å². The summed E-state index contributed by atoms with van der Waals surface area (Å²) in [7, 11) is 0. The van der Waals surface area contributed by atoms with E-state index >= 15 is 0 Å². The standard InChI is InChI=1S/C14H11Cl2NO2.C14H22N2O/c15-10-5-3-6-11(16)14(10)17-12-7-2-1-4-9(12)8-13(18)19;1-5-16(6-2)10-13(17)15-14-11(3)8-7-9-12(14)4/h1-7,17H,8H2,(H,18,19);7-9H,5-6,10H2,1-4H3,(H,15,17). The molecular formula is C28H33Cl2N3O3. The number of aryl methyl sites for hydroxylation is 2. The summed E-state index contributed by atoms with van der Waals surface area (Å²) in [5, 5.41) is 15.9. The molecule has 0 heterocycles. The van der Waals surface area contributed by atoms with Gasteiger partial charge in [0.25, 0.3) is 0 Å². The van der Waals surface area contributed by atoms with Gasteiger partial charge in [0.2, 0.25) is 5.91 Å². The van der Waals surface area contributed by atoms with Crippen LogP contribution in [0.1, 0.15) is 30.5 Å². The average molecular weight is 530 g/mol. The molecule has 0 aromatic heterocycles. The smallest absolute Gasteiger partial charge is 0.307 e. The number of benzene rings is 3. The number of para-hydroxylation sites is 3. The maximum Gasteiger partial charge on any atom is 0.307 e. The Morgan fingerprint density at radius 3 is 1.94 bits per heavy atom. The molecule has 3 aromatic rings. The predicted molar refractivity (Wildman–Crippen MR) is 150 cm³/mol. The molecule has 192 valence electrons. The van der Waals surface area contributed by atoms with Crippen LogP contribution in [0.5, 0.6) is 0 Å². The summed E-state index contributed by atoms with van der Waals surface area (Å²) in [5.74, 6) is -0.828. The number of carbonyl (C=O) groups excluding carboxylic acids is 1. The number of nitrogens with zero attached hydrogens (tertiary/aromatic N) is 1. The number of amides is 1. The molecule has 36 heavy (non-hydrogen) atoms. The number of carbonyl (C=O) groups is 2. The number of carboxylic acid groups (broad SMARTS) is 1. The summed E-state index contributed by atoms with van der Waals surface area (Å²) in [4.78, 5) is 24.8. The Bertz CT molecular complexity index is 1140. The molecule has 0 saturated heterocycles. The molecule has 3 N–H and O–H groups in total. The van der Waals surface area contributed by atoms with E-state index in [1.807, 2.05) is 38.1 Å². The van der Waals surface area contributed by atoms with E-state index in [4.69, 9.17) is 28.3 Å². The predicted octanol–water partition coefficient (Wildman–Crippen LogP) is 6.95. The van der Waals surface area contributed by atoms with Crippen LogP contribution in [0.2, 0.25) is 10.0 Å². The van der Waals surface area contributed by atoms with Crippen LogP contribution < -0.4 is 10.6 Å². The fourth-order valence-corrected chi connectivity index (χ4v) is 4.04. The zero-order chi connectivity index (χ0) is 26.7. The highest BCUT2D eigenvalue weighted by Gasteiger charge is 2.11. The number of aliphatic carboxylic acids is 1. The first-order chi connectivity index (χ1) is 17.2. The molecule has 0 atom stereocenters. The molecule has 3 aromatic carbocycles. The highest BCUT2D eigenvalue weighted by molar-refractivity contribution is 6.39. The van der Waals surface area contributed by atoms with Crippen LogP contribution in [0.3, 0.4) is 0 Å². The van der Waals surface area contributed by atoms with Gasteiger partial charge in [-0.1, -0.05) is 79.5 Å².